The fourth-order valence-corrected chi connectivity index (χ4v) is 2.62. The molecule has 0 aromatic heterocycles. The van der Waals surface area contributed by atoms with Gasteiger partial charge in [0.25, 0.3) is 5.91 Å². The Morgan fingerprint density at radius 3 is 2.31 bits per heavy atom. The summed E-state index contributed by atoms with van der Waals surface area (Å²) >= 11 is 6.11. The van der Waals surface area contributed by atoms with Crippen LogP contribution in [0.15, 0.2) is 77.0 Å². The third kappa shape index (κ3) is 4.35. The number of nitrogens with one attached hydrogen (secondary N) is 1. The first-order chi connectivity index (χ1) is 12.5. The van der Waals surface area contributed by atoms with Gasteiger partial charge in [0, 0.05) is 0 Å². The highest BCUT2D eigenvalue weighted by atomic mass is 35.5. The molecule has 5 heteroatoms. The van der Waals surface area contributed by atoms with Gasteiger partial charge in [0.1, 0.15) is 5.69 Å². The number of rotatable bonds is 4. The first-order valence-electron chi connectivity index (χ1n) is 8.18. The number of benzene rings is 3. The molecule has 0 heterocycles. The van der Waals surface area contributed by atoms with Crippen molar-refractivity contribution < 1.29 is 4.79 Å². The Morgan fingerprint density at radius 1 is 0.885 bits per heavy atom. The van der Waals surface area contributed by atoms with Gasteiger partial charge in [0.05, 0.1) is 22.0 Å². The van der Waals surface area contributed by atoms with Gasteiger partial charge in [0.2, 0.25) is 0 Å². The first-order valence-corrected chi connectivity index (χ1v) is 8.56. The van der Waals surface area contributed by atoms with Crippen LogP contribution >= 0.6 is 11.6 Å². The predicted octanol–water partition coefficient (Wildman–Crippen LogP) is 6.62. The Hall–Kier alpha value is -2.98. The molecule has 26 heavy (non-hydrogen) atoms. The smallest absolute Gasteiger partial charge is 0.257 e. The minimum absolute atomic E-state index is 0.284. The monoisotopic (exact) mass is 363 g/mol. The second kappa shape index (κ2) is 7.93. The topological polar surface area (TPSA) is 53.8 Å². The molecule has 0 atom stereocenters. The number of azo groups is 1. The minimum atomic E-state index is -0.284. The number of halogens is 1. The Kier molecular flexibility index (Phi) is 5.44. The third-order valence-corrected chi connectivity index (χ3v) is 4.16. The van der Waals surface area contributed by atoms with Crippen LogP contribution in [0.1, 0.15) is 21.5 Å². The van der Waals surface area contributed by atoms with Crippen molar-refractivity contribution in [1.82, 2.24) is 0 Å². The molecule has 0 spiro atoms. The van der Waals surface area contributed by atoms with Crippen molar-refractivity contribution in [2.75, 3.05) is 5.32 Å². The van der Waals surface area contributed by atoms with Crippen molar-refractivity contribution in [3.05, 3.63) is 88.4 Å². The number of aryl methyl sites for hydroxylation is 2. The molecule has 3 rings (SSSR count). The Balaban J connectivity index is 1.87. The number of carbonyl (C=O) groups is 1. The molecule has 0 saturated heterocycles. The van der Waals surface area contributed by atoms with Crippen LogP contribution in [0.25, 0.3) is 0 Å². The van der Waals surface area contributed by atoms with Gasteiger partial charge < -0.3 is 5.32 Å². The van der Waals surface area contributed by atoms with E-state index in [1.807, 2.05) is 56.3 Å². The van der Waals surface area contributed by atoms with Crippen molar-refractivity contribution in [1.29, 1.82) is 0 Å². The minimum Gasteiger partial charge on any atom is -0.320 e. The van der Waals surface area contributed by atoms with Crippen LogP contribution in [-0.4, -0.2) is 5.91 Å². The summed E-state index contributed by atoms with van der Waals surface area (Å²) in [4.78, 5) is 12.5. The van der Waals surface area contributed by atoms with E-state index in [4.69, 9.17) is 11.6 Å². The maximum Gasteiger partial charge on any atom is 0.257 e. The largest absolute Gasteiger partial charge is 0.320 e. The van der Waals surface area contributed by atoms with Crippen molar-refractivity contribution in [3.8, 4) is 0 Å². The maximum absolute atomic E-state index is 12.5. The molecule has 0 aliphatic rings. The number of carbonyl (C=O) groups excluding carboxylic acids is 1. The summed E-state index contributed by atoms with van der Waals surface area (Å²) in [5, 5.41) is 11.8. The van der Waals surface area contributed by atoms with E-state index in [-0.39, 0.29) is 5.91 Å². The second-order valence-electron chi connectivity index (χ2n) is 5.99. The van der Waals surface area contributed by atoms with Crippen molar-refractivity contribution in [2.24, 2.45) is 10.2 Å². The number of nitrogens with zero attached hydrogens (tertiary/aromatic N) is 2. The molecule has 0 unspecified atom stereocenters. The highest BCUT2D eigenvalue weighted by Gasteiger charge is 2.12. The summed E-state index contributed by atoms with van der Waals surface area (Å²) in [6.07, 6.45) is 0. The quantitative estimate of drug-likeness (QED) is 0.520. The molecule has 0 aliphatic heterocycles. The number of hydrogen-bond donors (Lipinski definition) is 1. The average Bonchev–Trinajstić information content (AvgIpc) is 2.63. The lowest BCUT2D eigenvalue weighted by Crippen LogP contribution is -2.12. The van der Waals surface area contributed by atoms with Gasteiger partial charge in [-0.1, -0.05) is 47.5 Å². The molecule has 1 N–H and O–H groups in total. The summed E-state index contributed by atoms with van der Waals surface area (Å²) in [7, 11) is 0. The highest BCUT2D eigenvalue weighted by molar-refractivity contribution is 6.34. The van der Waals surface area contributed by atoms with Gasteiger partial charge in [-0.25, -0.2) is 0 Å². The standard InChI is InChI=1S/C21H18ClN3O/c1-14-7-10-16(11-8-14)24-25-19-12-9-15(2)13-20(19)23-21(26)17-5-3-4-6-18(17)22/h3-13H,1-2H3,(H,23,26). The molecule has 0 radical (unpaired) electrons. The summed E-state index contributed by atoms with van der Waals surface area (Å²) in [5.74, 6) is -0.284. The van der Waals surface area contributed by atoms with Gasteiger partial charge in [-0.05, 0) is 55.8 Å². The van der Waals surface area contributed by atoms with Crippen LogP contribution in [0.2, 0.25) is 5.02 Å². The third-order valence-electron chi connectivity index (χ3n) is 3.83. The zero-order chi connectivity index (χ0) is 18.5. The molecule has 0 fully saturated rings. The van der Waals surface area contributed by atoms with E-state index >= 15 is 0 Å². The lowest BCUT2D eigenvalue weighted by atomic mass is 10.1. The van der Waals surface area contributed by atoms with Crippen LogP contribution < -0.4 is 5.32 Å². The zero-order valence-electron chi connectivity index (χ0n) is 14.5. The summed E-state index contributed by atoms with van der Waals surface area (Å²) < 4.78 is 0. The van der Waals surface area contributed by atoms with E-state index in [9.17, 15) is 4.79 Å². The molecular weight excluding hydrogens is 346 g/mol. The summed E-state index contributed by atoms with van der Waals surface area (Å²) in [5.41, 5.74) is 4.50. The van der Waals surface area contributed by atoms with Crippen LogP contribution in [-0.2, 0) is 0 Å². The molecule has 130 valence electrons. The van der Waals surface area contributed by atoms with E-state index in [0.717, 1.165) is 16.8 Å². The van der Waals surface area contributed by atoms with Crippen molar-refractivity contribution >= 4 is 34.6 Å². The van der Waals surface area contributed by atoms with Crippen LogP contribution in [0.4, 0.5) is 17.1 Å². The lowest BCUT2D eigenvalue weighted by molar-refractivity contribution is 0.102. The van der Waals surface area contributed by atoms with E-state index in [1.165, 1.54) is 0 Å². The Labute approximate surface area is 157 Å². The normalized spacial score (nSPS) is 10.9. The van der Waals surface area contributed by atoms with Gasteiger partial charge in [-0.15, -0.1) is 5.11 Å². The Bertz CT molecular complexity index is 965. The highest BCUT2D eigenvalue weighted by Crippen LogP contribution is 2.29. The SMILES string of the molecule is Cc1ccc(N=Nc2ccc(C)cc2NC(=O)c2ccccc2Cl)cc1. The second-order valence-corrected chi connectivity index (χ2v) is 6.40. The van der Waals surface area contributed by atoms with Crippen LogP contribution in [0, 0.1) is 13.8 Å². The van der Waals surface area contributed by atoms with E-state index < -0.39 is 0 Å². The summed E-state index contributed by atoms with van der Waals surface area (Å²) in [6.45, 7) is 3.97. The molecule has 1 amide bonds. The van der Waals surface area contributed by atoms with E-state index in [2.05, 4.69) is 15.5 Å². The van der Waals surface area contributed by atoms with Crippen LogP contribution in [0.5, 0.6) is 0 Å². The number of amides is 1. The van der Waals surface area contributed by atoms with Gasteiger partial charge in [0.15, 0.2) is 0 Å². The predicted molar refractivity (Wildman–Crippen MR) is 106 cm³/mol. The molecule has 0 saturated carbocycles. The molecule has 3 aromatic carbocycles. The Morgan fingerprint density at radius 2 is 1.58 bits per heavy atom. The number of hydrogen-bond acceptors (Lipinski definition) is 3. The van der Waals surface area contributed by atoms with E-state index in [0.29, 0.717) is 22.0 Å². The summed E-state index contributed by atoms with van der Waals surface area (Å²) in [6, 6.07) is 20.3. The fraction of sp³-hybridized carbons (Fsp3) is 0.0952. The van der Waals surface area contributed by atoms with Crippen molar-refractivity contribution in [2.45, 2.75) is 13.8 Å². The molecule has 0 aliphatic carbocycles. The van der Waals surface area contributed by atoms with Crippen LogP contribution in [0.3, 0.4) is 0 Å². The fourth-order valence-electron chi connectivity index (χ4n) is 2.40. The average molecular weight is 364 g/mol. The lowest BCUT2D eigenvalue weighted by Gasteiger charge is -2.09. The molecule has 3 aromatic rings. The molecule has 4 nitrogen and oxygen atoms in total. The first kappa shape index (κ1) is 17.8. The van der Waals surface area contributed by atoms with E-state index in [1.54, 1.807) is 24.3 Å². The number of anilines is 1. The maximum atomic E-state index is 12.5. The zero-order valence-corrected chi connectivity index (χ0v) is 15.3. The van der Waals surface area contributed by atoms with Gasteiger partial charge >= 0.3 is 0 Å². The van der Waals surface area contributed by atoms with Crippen molar-refractivity contribution in [3.63, 3.8) is 0 Å². The molecule has 0 bridgehead atoms. The molecular formula is C21H18ClN3O. The van der Waals surface area contributed by atoms with Gasteiger partial charge in [-0.3, -0.25) is 4.79 Å². The van der Waals surface area contributed by atoms with Gasteiger partial charge in [-0.2, -0.15) is 5.11 Å².